The number of ketones is 1. The lowest BCUT2D eigenvalue weighted by Gasteiger charge is -2.59. The molecule has 4 heteroatoms. The van der Waals surface area contributed by atoms with Crippen molar-refractivity contribution in [1.29, 1.82) is 0 Å². The number of rotatable bonds is 4. The molecule has 0 radical (unpaired) electrons. The van der Waals surface area contributed by atoms with E-state index in [-0.39, 0.29) is 17.7 Å². The summed E-state index contributed by atoms with van der Waals surface area (Å²) in [5.41, 5.74) is 1.49. The Labute approximate surface area is 144 Å². The van der Waals surface area contributed by atoms with Crippen molar-refractivity contribution in [2.24, 2.45) is 30.2 Å². The number of hydrogen-bond acceptors (Lipinski definition) is 2. The molecule has 0 aromatic carbocycles. The van der Waals surface area contributed by atoms with Crippen molar-refractivity contribution < 1.29 is 9.59 Å². The smallest absolute Gasteiger partial charge is 0.268 e. The van der Waals surface area contributed by atoms with Gasteiger partial charge in [-0.3, -0.25) is 9.59 Å². The van der Waals surface area contributed by atoms with E-state index in [1.165, 1.54) is 45.4 Å². The first kappa shape index (κ1) is 15.9. The van der Waals surface area contributed by atoms with Crippen LogP contribution < -0.4 is 5.32 Å². The van der Waals surface area contributed by atoms with Crippen LogP contribution in [0.5, 0.6) is 0 Å². The molecule has 1 atom stereocenters. The Bertz CT molecular complexity index is 653. The molecule has 5 rings (SSSR count). The van der Waals surface area contributed by atoms with Crippen LogP contribution in [0.1, 0.15) is 73.2 Å². The molecule has 0 unspecified atom stereocenters. The number of aromatic nitrogens is 1. The predicted octanol–water partition coefficient (Wildman–Crippen LogP) is 3.56. The van der Waals surface area contributed by atoms with Crippen LogP contribution in [-0.2, 0) is 7.05 Å². The Balaban J connectivity index is 1.51. The lowest BCUT2D eigenvalue weighted by atomic mass is 9.48. The number of carbonyl (C=O) groups excluding carboxylic acids is 2. The summed E-state index contributed by atoms with van der Waals surface area (Å²) in [6.07, 6.45) is 9.84. The van der Waals surface area contributed by atoms with Crippen molar-refractivity contribution in [1.82, 2.24) is 9.88 Å². The van der Waals surface area contributed by atoms with Gasteiger partial charge in [0.1, 0.15) is 5.69 Å². The second-order valence-electron chi connectivity index (χ2n) is 8.76. The number of amides is 1. The minimum atomic E-state index is -0.0479. The fraction of sp³-hybridized carbons (Fsp3) is 0.700. The van der Waals surface area contributed by atoms with Gasteiger partial charge in [0.2, 0.25) is 0 Å². The van der Waals surface area contributed by atoms with Crippen LogP contribution in [-0.4, -0.2) is 22.3 Å². The zero-order chi connectivity index (χ0) is 17.1. The molecular weight excluding hydrogens is 300 g/mol. The third-order valence-electron chi connectivity index (χ3n) is 7.00. The highest BCUT2D eigenvalue weighted by atomic mass is 16.2. The molecular formula is C20H28N2O2. The molecule has 1 aromatic rings. The fourth-order valence-corrected chi connectivity index (χ4v) is 6.11. The van der Waals surface area contributed by atoms with Gasteiger partial charge in [0, 0.05) is 24.8 Å². The molecule has 4 saturated carbocycles. The SMILES string of the molecule is CC(=O)c1cc(C(=O)N[C@H](C)C23CC4CC(CC(C4)C2)C3)n(C)c1. The summed E-state index contributed by atoms with van der Waals surface area (Å²) < 4.78 is 1.76. The van der Waals surface area contributed by atoms with Crippen molar-refractivity contribution in [3.05, 3.63) is 23.5 Å². The van der Waals surface area contributed by atoms with Gasteiger partial charge in [-0.2, -0.15) is 0 Å². The highest BCUT2D eigenvalue weighted by Crippen LogP contribution is 2.61. The minimum Gasteiger partial charge on any atom is -0.348 e. The lowest BCUT2D eigenvalue weighted by molar-refractivity contribution is -0.0688. The summed E-state index contributed by atoms with van der Waals surface area (Å²) in [5.74, 6) is 2.60. The number of hydrogen-bond donors (Lipinski definition) is 1. The number of aryl methyl sites for hydroxylation is 1. The molecule has 4 bridgehead atoms. The minimum absolute atomic E-state index is 0.00113. The normalized spacial score (nSPS) is 35.0. The fourth-order valence-electron chi connectivity index (χ4n) is 6.11. The van der Waals surface area contributed by atoms with Gasteiger partial charge >= 0.3 is 0 Å². The van der Waals surface area contributed by atoms with Crippen molar-refractivity contribution in [2.75, 3.05) is 0 Å². The van der Waals surface area contributed by atoms with Crippen molar-refractivity contribution >= 4 is 11.7 Å². The third-order valence-corrected chi connectivity index (χ3v) is 7.00. The van der Waals surface area contributed by atoms with Crippen LogP contribution >= 0.6 is 0 Å². The monoisotopic (exact) mass is 328 g/mol. The van der Waals surface area contributed by atoms with Crippen LogP contribution in [0.2, 0.25) is 0 Å². The van der Waals surface area contributed by atoms with E-state index in [0.29, 0.717) is 16.7 Å². The van der Waals surface area contributed by atoms with Gasteiger partial charge in [-0.1, -0.05) is 0 Å². The zero-order valence-corrected chi connectivity index (χ0v) is 15.0. The Kier molecular flexibility index (Phi) is 3.63. The number of Topliss-reactive ketones (excluding diaryl/α,β-unsaturated/α-hetero) is 1. The maximum atomic E-state index is 12.8. The van der Waals surface area contributed by atoms with Crippen molar-refractivity contribution in [3.63, 3.8) is 0 Å². The number of carbonyl (C=O) groups is 2. The van der Waals surface area contributed by atoms with E-state index in [0.717, 1.165) is 17.8 Å². The van der Waals surface area contributed by atoms with E-state index in [9.17, 15) is 9.59 Å². The van der Waals surface area contributed by atoms with Gasteiger partial charge < -0.3 is 9.88 Å². The molecule has 4 fully saturated rings. The highest BCUT2D eigenvalue weighted by Gasteiger charge is 2.53. The van der Waals surface area contributed by atoms with Gasteiger partial charge in [0.25, 0.3) is 5.91 Å². The topological polar surface area (TPSA) is 51.1 Å². The Morgan fingerprint density at radius 2 is 1.71 bits per heavy atom. The highest BCUT2D eigenvalue weighted by molar-refractivity contribution is 5.99. The van der Waals surface area contributed by atoms with E-state index >= 15 is 0 Å². The van der Waals surface area contributed by atoms with Gasteiger partial charge in [0.05, 0.1) is 0 Å². The molecule has 4 nitrogen and oxygen atoms in total. The van der Waals surface area contributed by atoms with E-state index in [1.54, 1.807) is 16.8 Å². The Hall–Kier alpha value is -1.58. The molecule has 0 saturated heterocycles. The summed E-state index contributed by atoms with van der Waals surface area (Å²) in [4.78, 5) is 24.3. The summed E-state index contributed by atoms with van der Waals surface area (Å²) in [6.45, 7) is 3.73. The van der Waals surface area contributed by atoms with Gasteiger partial charge in [-0.05, 0) is 81.6 Å². The van der Waals surface area contributed by atoms with Gasteiger partial charge in [-0.15, -0.1) is 0 Å². The van der Waals surface area contributed by atoms with Crippen LogP contribution in [0.4, 0.5) is 0 Å². The maximum absolute atomic E-state index is 12.8. The molecule has 4 aliphatic rings. The van der Waals surface area contributed by atoms with Gasteiger partial charge in [-0.25, -0.2) is 0 Å². The van der Waals surface area contributed by atoms with E-state index in [4.69, 9.17) is 0 Å². The lowest BCUT2D eigenvalue weighted by Crippen LogP contribution is -2.55. The molecule has 1 heterocycles. The molecule has 130 valence electrons. The molecule has 0 spiro atoms. The van der Waals surface area contributed by atoms with Crippen LogP contribution in [0, 0.1) is 23.2 Å². The summed E-state index contributed by atoms with van der Waals surface area (Å²) in [6, 6.07) is 1.92. The van der Waals surface area contributed by atoms with E-state index in [2.05, 4.69) is 12.2 Å². The van der Waals surface area contributed by atoms with Crippen LogP contribution in [0.15, 0.2) is 12.3 Å². The Morgan fingerprint density at radius 3 is 2.17 bits per heavy atom. The van der Waals surface area contributed by atoms with Crippen molar-refractivity contribution in [3.8, 4) is 0 Å². The first-order valence-electron chi connectivity index (χ1n) is 9.34. The Morgan fingerprint density at radius 1 is 1.17 bits per heavy atom. The first-order valence-corrected chi connectivity index (χ1v) is 9.34. The van der Waals surface area contributed by atoms with Crippen LogP contribution in [0.25, 0.3) is 0 Å². The number of nitrogens with one attached hydrogen (secondary N) is 1. The largest absolute Gasteiger partial charge is 0.348 e. The van der Waals surface area contributed by atoms with E-state index < -0.39 is 0 Å². The standard InChI is InChI=1S/C20H28N2O2/c1-12(23)17-7-18(22(3)11-17)19(24)21-13(2)20-8-14-4-15(9-20)6-16(5-14)10-20/h7,11,13-16H,4-6,8-10H2,1-3H3,(H,21,24)/t13-,14?,15?,16?,20?/m1/s1. The quantitative estimate of drug-likeness (QED) is 0.859. The summed E-state index contributed by atoms with van der Waals surface area (Å²) >= 11 is 0. The maximum Gasteiger partial charge on any atom is 0.268 e. The second-order valence-corrected chi connectivity index (χ2v) is 8.76. The third kappa shape index (κ3) is 2.51. The predicted molar refractivity (Wildman–Crippen MR) is 93.0 cm³/mol. The first-order chi connectivity index (χ1) is 11.4. The van der Waals surface area contributed by atoms with E-state index in [1.807, 2.05) is 7.05 Å². The average molecular weight is 328 g/mol. The summed E-state index contributed by atoms with van der Waals surface area (Å²) in [5, 5.41) is 3.28. The van der Waals surface area contributed by atoms with Crippen molar-refractivity contribution in [2.45, 2.75) is 58.4 Å². The molecule has 1 N–H and O–H groups in total. The second kappa shape index (κ2) is 5.47. The molecule has 24 heavy (non-hydrogen) atoms. The summed E-state index contributed by atoms with van der Waals surface area (Å²) in [7, 11) is 1.83. The molecule has 1 amide bonds. The zero-order valence-electron chi connectivity index (χ0n) is 15.0. The molecule has 1 aromatic heterocycles. The van der Waals surface area contributed by atoms with Gasteiger partial charge in [0.15, 0.2) is 5.78 Å². The average Bonchev–Trinajstić information content (AvgIpc) is 2.88. The number of nitrogens with zero attached hydrogens (tertiary/aromatic N) is 1. The van der Waals surface area contributed by atoms with Crippen LogP contribution in [0.3, 0.4) is 0 Å². The molecule has 0 aliphatic heterocycles. The molecule has 4 aliphatic carbocycles.